The van der Waals surface area contributed by atoms with Gasteiger partial charge in [-0.15, -0.1) is 11.3 Å². The minimum absolute atomic E-state index is 0.106. The molecule has 3 rings (SSSR count). The minimum Gasteiger partial charge on any atom is -0.483 e. The predicted octanol–water partition coefficient (Wildman–Crippen LogP) is 3.75. The van der Waals surface area contributed by atoms with E-state index in [1.807, 2.05) is 32.0 Å². The molecule has 3 N–H and O–H groups in total. The van der Waals surface area contributed by atoms with Crippen LogP contribution in [0, 0.1) is 13.8 Å². The molecule has 0 aliphatic heterocycles. The number of hydrogen-bond acceptors (Lipinski definition) is 4. The number of nitrogens with two attached hydrogens (primary N) is 1. The van der Waals surface area contributed by atoms with Crippen molar-refractivity contribution in [1.29, 1.82) is 0 Å². The van der Waals surface area contributed by atoms with Crippen molar-refractivity contribution in [3.05, 3.63) is 45.3 Å². The van der Waals surface area contributed by atoms with Crippen molar-refractivity contribution in [1.82, 2.24) is 0 Å². The van der Waals surface area contributed by atoms with Gasteiger partial charge in [-0.1, -0.05) is 24.1 Å². The molecule has 1 aromatic heterocycles. The number of ether oxygens (including phenoxy) is 1. The van der Waals surface area contributed by atoms with Gasteiger partial charge in [0.2, 0.25) is 0 Å². The largest absolute Gasteiger partial charge is 0.483 e. The second-order valence-electron chi connectivity index (χ2n) is 6.74. The van der Waals surface area contributed by atoms with Crippen LogP contribution in [0.1, 0.15) is 51.2 Å². The van der Waals surface area contributed by atoms with Gasteiger partial charge in [-0.2, -0.15) is 0 Å². The Morgan fingerprint density at radius 1 is 1.19 bits per heavy atom. The molecule has 0 bridgehead atoms. The smallest absolute Gasteiger partial charge is 0.262 e. The van der Waals surface area contributed by atoms with Crippen LogP contribution in [0.3, 0.4) is 0 Å². The first-order valence-corrected chi connectivity index (χ1v) is 9.71. The molecule has 138 valence electrons. The zero-order valence-corrected chi connectivity index (χ0v) is 16.0. The van der Waals surface area contributed by atoms with Crippen LogP contribution in [-0.4, -0.2) is 18.4 Å². The average Bonchev–Trinajstić information content (AvgIpc) is 2.75. The number of amides is 2. The molecule has 1 aliphatic rings. The number of rotatable bonds is 5. The number of carbonyl (C=O) groups is 2. The molecule has 5 nitrogen and oxygen atoms in total. The van der Waals surface area contributed by atoms with E-state index < -0.39 is 5.91 Å². The molecule has 2 aromatic rings. The molecule has 6 heteroatoms. The summed E-state index contributed by atoms with van der Waals surface area (Å²) in [6.07, 6.45) is 5.10. The summed E-state index contributed by atoms with van der Waals surface area (Å²) in [5.41, 5.74) is 9.22. The van der Waals surface area contributed by atoms with Crippen LogP contribution in [0.25, 0.3) is 0 Å². The van der Waals surface area contributed by atoms with Gasteiger partial charge in [0.15, 0.2) is 6.61 Å². The van der Waals surface area contributed by atoms with Crippen LogP contribution in [0.2, 0.25) is 0 Å². The topological polar surface area (TPSA) is 81.4 Å². The molecule has 0 saturated heterocycles. The van der Waals surface area contributed by atoms with Crippen LogP contribution in [0.4, 0.5) is 5.00 Å². The van der Waals surface area contributed by atoms with Gasteiger partial charge in [-0.25, -0.2) is 0 Å². The zero-order chi connectivity index (χ0) is 18.7. The number of carbonyl (C=O) groups excluding carboxylic acids is 2. The number of aryl methyl sites for hydroxylation is 3. The molecule has 0 saturated carbocycles. The van der Waals surface area contributed by atoms with E-state index in [0.29, 0.717) is 16.3 Å². The summed E-state index contributed by atoms with van der Waals surface area (Å²) in [6, 6.07) is 5.82. The number of thiophene rings is 1. The van der Waals surface area contributed by atoms with Crippen molar-refractivity contribution in [3.63, 3.8) is 0 Å². The Morgan fingerprint density at radius 3 is 2.69 bits per heavy atom. The van der Waals surface area contributed by atoms with Gasteiger partial charge < -0.3 is 15.8 Å². The van der Waals surface area contributed by atoms with Crippen molar-refractivity contribution >= 4 is 28.2 Å². The van der Waals surface area contributed by atoms with Gasteiger partial charge in [-0.3, -0.25) is 9.59 Å². The van der Waals surface area contributed by atoms with Gasteiger partial charge in [0, 0.05) is 4.88 Å². The van der Waals surface area contributed by atoms with Crippen LogP contribution in [0.15, 0.2) is 18.2 Å². The lowest BCUT2D eigenvalue weighted by Gasteiger charge is -2.10. The standard InChI is InChI=1S/C20H24N2O3S/c1-12-8-9-15(13(2)10-12)25-11-17(23)22-20-18(19(21)24)14-6-4-3-5-7-16(14)26-20/h8-10H,3-7,11H2,1-2H3,(H2,21,24)(H,22,23). The second kappa shape index (κ2) is 7.91. The molecule has 1 aromatic carbocycles. The molecular formula is C20H24N2O3S. The quantitative estimate of drug-likeness (QED) is 0.784. The Bertz CT molecular complexity index is 842. The number of primary amides is 1. The van der Waals surface area contributed by atoms with Crippen LogP contribution in [0.5, 0.6) is 5.75 Å². The molecule has 1 heterocycles. The Hall–Kier alpha value is -2.34. The van der Waals surface area contributed by atoms with Gasteiger partial charge in [-0.05, 0) is 56.7 Å². The molecule has 0 unspecified atom stereocenters. The van der Waals surface area contributed by atoms with E-state index in [4.69, 9.17) is 10.5 Å². The third-order valence-corrected chi connectivity index (χ3v) is 5.82. The molecule has 0 fully saturated rings. The Morgan fingerprint density at radius 2 is 1.96 bits per heavy atom. The molecular weight excluding hydrogens is 348 g/mol. The fourth-order valence-corrected chi connectivity index (χ4v) is 4.67. The highest BCUT2D eigenvalue weighted by molar-refractivity contribution is 7.17. The summed E-state index contributed by atoms with van der Waals surface area (Å²) >= 11 is 1.47. The highest BCUT2D eigenvalue weighted by atomic mass is 32.1. The fourth-order valence-electron chi connectivity index (χ4n) is 3.36. The van der Waals surface area contributed by atoms with E-state index in [-0.39, 0.29) is 12.5 Å². The number of anilines is 1. The second-order valence-corrected chi connectivity index (χ2v) is 7.84. The van der Waals surface area contributed by atoms with Gasteiger partial charge in [0.25, 0.3) is 11.8 Å². The van der Waals surface area contributed by atoms with E-state index in [1.165, 1.54) is 16.2 Å². The maximum absolute atomic E-state index is 12.3. The summed E-state index contributed by atoms with van der Waals surface area (Å²) < 4.78 is 5.62. The zero-order valence-electron chi connectivity index (χ0n) is 15.2. The van der Waals surface area contributed by atoms with Gasteiger partial charge >= 0.3 is 0 Å². The average molecular weight is 372 g/mol. The first kappa shape index (κ1) is 18.5. The maximum atomic E-state index is 12.3. The van der Waals surface area contributed by atoms with E-state index in [1.54, 1.807) is 0 Å². The van der Waals surface area contributed by atoms with Crippen LogP contribution < -0.4 is 15.8 Å². The van der Waals surface area contributed by atoms with Crippen molar-refractivity contribution in [2.24, 2.45) is 5.73 Å². The fraction of sp³-hybridized carbons (Fsp3) is 0.400. The third-order valence-electron chi connectivity index (χ3n) is 4.61. The Kier molecular flexibility index (Phi) is 5.61. The van der Waals surface area contributed by atoms with Gasteiger partial charge in [0.1, 0.15) is 10.8 Å². The van der Waals surface area contributed by atoms with Gasteiger partial charge in [0.05, 0.1) is 5.56 Å². The highest BCUT2D eigenvalue weighted by Gasteiger charge is 2.24. The third kappa shape index (κ3) is 4.07. The highest BCUT2D eigenvalue weighted by Crippen LogP contribution is 2.37. The lowest BCUT2D eigenvalue weighted by atomic mass is 10.1. The predicted molar refractivity (Wildman–Crippen MR) is 104 cm³/mol. The first-order valence-electron chi connectivity index (χ1n) is 8.90. The molecule has 0 radical (unpaired) electrons. The lowest BCUT2D eigenvalue weighted by molar-refractivity contribution is -0.118. The SMILES string of the molecule is Cc1ccc(OCC(=O)Nc2sc3c(c2C(N)=O)CCCCC3)c(C)c1. The molecule has 26 heavy (non-hydrogen) atoms. The lowest BCUT2D eigenvalue weighted by Crippen LogP contribution is -2.22. The molecule has 0 spiro atoms. The van der Waals surface area contributed by atoms with Crippen LogP contribution >= 0.6 is 11.3 Å². The number of nitrogens with one attached hydrogen (secondary N) is 1. The van der Waals surface area contributed by atoms with Crippen LogP contribution in [-0.2, 0) is 17.6 Å². The van der Waals surface area contributed by atoms with Crippen molar-refractivity contribution in [2.45, 2.75) is 46.0 Å². The Labute approximate surface area is 157 Å². The summed E-state index contributed by atoms with van der Waals surface area (Å²) in [7, 11) is 0. The first-order chi connectivity index (χ1) is 12.5. The summed E-state index contributed by atoms with van der Waals surface area (Å²) in [4.78, 5) is 25.5. The minimum atomic E-state index is -0.477. The van der Waals surface area contributed by atoms with E-state index in [9.17, 15) is 9.59 Å². The van der Waals surface area contributed by atoms with E-state index >= 15 is 0 Å². The van der Waals surface area contributed by atoms with E-state index in [2.05, 4.69) is 5.32 Å². The molecule has 0 atom stereocenters. The number of fused-ring (bicyclic) bond motifs is 1. The normalized spacial score (nSPS) is 13.6. The van der Waals surface area contributed by atoms with E-state index in [0.717, 1.165) is 48.8 Å². The number of benzene rings is 1. The maximum Gasteiger partial charge on any atom is 0.262 e. The summed E-state index contributed by atoms with van der Waals surface area (Å²) in [6.45, 7) is 3.85. The molecule has 1 aliphatic carbocycles. The summed E-state index contributed by atoms with van der Waals surface area (Å²) in [5, 5.41) is 3.38. The van der Waals surface area contributed by atoms with Crippen molar-refractivity contribution in [2.75, 3.05) is 11.9 Å². The summed E-state index contributed by atoms with van der Waals surface area (Å²) in [5.74, 6) is -0.0817. The Balaban J connectivity index is 1.72. The van der Waals surface area contributed by atoms with Crippen molar-refractivity contribution in [3.8, 4) is 5.75 Å². The number of hydrogen-bond donors (Lipinski definition) is 2. The monoisotopic (exact) mass is 372 g/mol. The molecule has 2 amide bonds. The van der Waals surface area contributed by atoms with Crippen molar-refractivity contribution < 1.29 is 14.3 Å².